The van der Waals surface area contributed by atoms with Crippen molar-refractivity contribution in [2.45, 2.75) is 6.54 Å². The molecule has 25 heavy (non-hydrogen) atoms. The van der Waals surface area contributed by atoms with E-state index in [4.69, 9.17) is 9.26 Å². The van der Waals surface area contributed by atoms with E-state index in [0.717, 1.165) is 17.7 Å². The monoisotopic (exact) mass is 346 g/mol. The van der Waals surface area contributed by atoms with Gasteiger partial charge in [-0.25, -0.2) is 8.78 Å². The van der Waals surface area contributed by atoms with Gasteiger partial charge >= 0.3 is 0 Å². The predicted octanol–water partition coefficient (Wildman–Crippen LogP) is 2.10. The molecule has 7 nitrogen and oxygen atoms in total. The minimum Gasteiger partial charge on any atom is -0.481 e. The second kappa shape index (κ2) is 7.47. The first-order valence-electron chi connectivity index (χ1n) is 7.19. The van der Waals surface area contributed by atoms with Gasteiger partial charge in [0.25, 0.3) is 5.91 Å². The molecule has 0 spiro atoms. The van der Waals surface area contributed by atoms with Crippen molar-refractivity contribution in [2.75, 3.05) is 6.61 Å². The van der Waals surface area contributed by atoms with Gasteiger partial charge in [0, 0.05) is 24.0 Å². The van der Waals surface area contributed by atoms with E-state index in [2.05, 4.69) is 20.4 Å². The van der Waals surface area contributed by atoms with E-state index in [0.29, 0.717) is 11.9 Å². The van der Waals surface area contributed by atoms with Crippen molar-refractivity contribution in [3.8, 4) is 17.1 Å². The molecule has 1 N–H and O–H groups in total. The molecule has 0 aliphatic heterocycles. The zero-order valence-electron chi connectivity index (χ0n) is 12.8. The second-order valence-corrected chi connectivity index (χ2v) is 4.89. The third-order valence-corrected chi connectivity index (χ3v) is 3.10. The van der Waals surface area contributed by atoms with E-state index in [9.17, 15) is 13.6 Å². The number of hydrogen-bond donors (Lipinski definition) is 1. The highest BCUT2D eigenvalue weighted by molar-refractivity contribution is 5.77. The first kappa shape index (κ1) is 16.5. The highest BCUT2D eigenvalue weighted by Gasteiger charge is 2.11. The van der Waals surface area contributed by atoms with Crippen LogP contribution in [0.3, 0.4) is 0 Å². The van der Waals surface area contributed by atoms with Crippen LogP contribution in [0.1, 0.15) is 5.89 Å². The Kier molecular flexibility index (Phi) is 4.93. The SMILES string of the molecule is O=C(COc1ccc(F)cc1F)NCc1nc(-c2ccncc2)no1. The molecule has 3 rings (SSSR count). The summed E-state index contributed by atoms with van der Waals surface area (Å²) in [7, 11) is 0. The van der Waals surface area contributed by atoms with E-state index < -0.39 is 24.1 Å². The number of benzene rings is 1. The van der Waals surface area contributed by atoms with Gasteiger partial charge in [0.1, 0.15) is 5.82 Å². The molecule has 0 saturated heterocycles. The van der Waals surface area contributed by atoms with Crippen molar-refractivity contribution in [3.63, 3.8) is 0 Å². The first-order valence-corrected chi connectivity index (χ1v) is 7.19. The Morgan fingerprint density at radius 1 is 1.20 bits per heavy atom. The Labute approximate surface area is 140 Å². The quantitative estimate of drug-likeness (QED) is 0.735. The Hall–Kier alpha value is -3.36. The molecule has 0 saturated carbocycles. The van der Waals surface area contributed by atoms with Crippen LogP contribution >= 0.6 is 0 Å². The lowest BCUT2D eigenvalue weighted by atomic mass is 10.2. The maximum Gasteiger partial charge on any atom is 0.258 e. The second-order valence-electron chi connectivity index (χ2n) is 4.89. The number of rotatable bonds is 6. The molecule has 0 aliphatic carbocycles. The van der Waals surface area contributed by atoms with Crippen LogP contribution in [0, 0.1) is 11.6 Å². The third-order valence-electron chi connectivity index (χ3n) is 3.10. The topological polar surface area (TPSA) is 90.1 Å². The van der Waals surface area contributed by atoms with Gasteiger partial charge in [0.05, 0.1) is 6.54 Å². The van der Waals surface area contributed by atoms with E-state index in [1.54, 1.807) is 24.5 Å². The number of nitrogens with zero attached hydrogens (tertiary/aromatic N) is 3. The smallest absolute Gasteiger partial charge is 0.258 e. The Morgan fingerprint density at radius 3 is 2.76 bits per heavy atom. The van der Waals surface area contributed by atoms with Gasteiger partial charge < -0.3 is 14.6 Å². The summed E-state index contributed by atoms with van der Waals surface area (Å²) in [5, 5.41) is 6.29. The van der Waals surface area contributed by atoms with Crippen molar-refractivity contribution in [2.24, 2.45) is 0 Å². The molecule has 9 heteroatoms. The lowest BCUT2D eigenvalue weighted by Crippen LogP contribution is -2.28. The number of pyridine rings is 1. The van der Waals surface area contributed by atoms with Crippen LogP contribution in [0.15, 0.2) is 47.2 Å². The Morgan fingerprint density at radius 2 is 2.00 bits per heavy atom. The normalized spacial score (nSPS) is 10.5. The van der Waals surface area contributed by atoms with E-state index in [1.807, 2.05) is 0 Å². The number of carbonyl (C=O) groups excluding carboxylic acids is 1. The molecular formula is C16H12F2N4O3. The summed E-state index contributed by atoms with van der Waals surface area (Å²) in [5.41, 5.74) is 0.728. The van der Waals surface area contributed by atoms with Crippen LogP contribution in [0.2, 0.25) is 0 Å². The number of ether oxygens (including phenoxy) is 1. The summed E-state index contributed by atoms with van der Waals surface area (Å²) in [6.07, 6.45) is 3.19. The molecule has 0 unspecified atom stereocenters. The van der Waals surface area contributed by atoms with Gasteiger partial charge in [-0.3, -0.25) is 9.78 Å². The fraction of sp³-hybridized carbons (Fsp3) is 0.125. The van der Waals surface area contributed by atoms with Crippen molar-refractivity contribution in [1.82, 2.24) is 20.4 Å². The van der Waals surface area contributed by atoms with Gasteiger partial charge in [-0.15, -0.1) is 0 Å². The van der Waals surface area contributed by atoms with Crippen molar-refractivity contribution in [1.29, 1.82) is 0 Å². The fourth-order valence-electron chi connectivity index (χ4n) is 1.91. The summed E-state index contributed by atoms with van der Waals surface area (Å²) >= 11 is 0. The Bertz CT molecular complexity index is 871. The highest BCUT2D eigenvalue weighted by atomic mass is 19.1. The molecule has 0 fully saturated rings. The number of amides is 1. The summed E-state index contributed by atoms with van der Waals surface area (Å²) in [5.74, 6) is -1.77. The molecule has 2 aromatic heterocycles. The molecular weight excluding hydrogens is 334 g/mol. The van der Waals surface area contributed by atoms with Crippen LogP contribution in [0.25, 0.3) is 11.4 Å². The van der Waals surface area contributed by atoms with Crippen LogP contribution in [-0.4, -0.2) is 27.6 Å². The van der Waals surface area contributed by atoms with Crippen molar-refractivity contribution < 1.29 is 22.8 Å². The molecule has 128 valence electrons. The maximum atomic E-state index is 13.4. The average Bonchev–Trinajstić information content (AvgIpc) is 3.09. The Balaban J connectivity index is 1.50. The van der Waals surface area contributed by atoms with Gasteiger partial charge in [0.2, 0.25) is 11.7 Å². The lowest BCUT2D eigenvalue weighted by molar-refractivity contribution is -0.123. The predicted molar refractivity (Wildman–Crippen MR) is 81.2 cm³/mol. The first-order chi connectivity index (χ1) is 12.1. The molecule has 2 heterocycles. The van der Waals surface area contributed by atoms with Crippen molar-refractivity contribution >= 4 is 5.91 Å². The minimum atomic E-state index is -0.883. The van der Waals surface area contributed by atoms with Gasteiger partial charge in [-0.2, -0.15) is 4.98 Å². The number of halogens is 2. The zero-order chi connectivity index (χ0) is 17.6. The number of aromatic nitrogens is 3. The average molecular weight is 346 g/mol. The largest absolute Gasteiger partial charge is 0.481 e. The number of hydrogen-bond acceptors (Lipinski definition) is 6. The molecule has 0 bridgehead atoms. The van der Waals surface area contributed by atoms with Gasteiger partial charge in [-0.05, 0) is 24.3 Å². The number of carbonyl (C=O) groups is 1. The number of nitrogens with one attached hydrogen (secondary N) is 1. The maximum absolute atomic E-state index is 13.4. The third kappa shape index (κ3) is 4.34. The molecule has 3 aromatic rings. The van der Waals surface area contributed by atoms with Crippen LogP contribution in [0.5, 0.6) is 5.75 Å². The summed E-state index contributed by atoms with van der Waals surface area (Å²) < 4.78 is 36.2. The molecule has 1 aromatic carbocycles. The van der Waals surface area contributed by atoms with Gasteiger partial charge in [-0.1, -0.05) is 5.16 Å². The highest BCUT2D eigenvalue weighted by Crippen LogP contribution is 2.17. The van der Waals surface area contributed by atoms with Crippen molar-refractivity contribution in [3.05, 3.63) is 60.3 Å². The van der Waals surface area contributed by atoms with Crippen LogP contribution < -0.4 is 10.1 Å². The standard InChI is InChI=1S/C16H12F2N4O3/c17-11-1-2-13(12(18)7-11)24-9-14(23)20-8-15-21-16(22-25-15)10-3-5-19-6-4-10/h1-7H,8-9H2,(H,20,23). The van der Waals surface area contributed by atoms with E-state index in [-0.39, 0.29) is 18.2 Å². The summed E-state index contributed by atoms with van der Waals surface area (Å²) in [4.78, 5) is 19.7. The molecule has 0 aliphatic rings. The summed E-state index contributed by atoms with van der Waals surface area (Å²) in [6, 6.07) is 6.26. The fourth-order valence-corrected chi connectivity index (χ4v) is 1.91. The summed E-state index contributed by atoms with van der Waals surface area (Å²) in [6.45, 7) is -0.444. The molecule has 1 amide bonds. The molecule has 0 radical (unpaired) electrons. The lowest BCUT2D eigenvalue weighted by Gasteiger charge is -2.07. The van der Waals surface area contributed by atoms with E-state index >= 15 is 0 Å². The van der Waals surface area contributed by atoms with Crippen LogP contribution in [-0.2, 0) is 11.3 Å². The minimum absolute atomic E-state index is 0.00776. The van der Waals surface area contributed by atoms with Gasteiger partial charge in [0.15, 0.2) is 18.2 Å². The zero-order valence-corrected chi connectivity index (χ0v) is 12.8. The molecule has 0 atom stereocenters. The van der Waals surface area contributed by atoms with Crippen LogP contribution in [0.4, 0.5) is 8.78 Å². The van der Waals surface area contributed by atoms with E-state index in [1.165, 1.54) is 0 Å².